The minimum atomic E-state index is 0. The van der Waals surface area contributed by atoms with Crippen LogP contribution in [-0.2, 0) is 21.7 Å². The van der Waals surface area contributed by atoms with Crippen molar-refractivity contribution in [2.24, 2.45) is 0 Å². The van der Waals surface area contributed by atoms with Gasteiger partial charge in [-0.25, -0.2) is 11.6 Å². The molecular weight excluding hydrogens is 234 g/mol. The SMILES string of the molecule is CC1=[C-]CC=C1.C[N-]C.C[N-]C.C[N-]C.[Ti+4]. The average molecular weight is 259 g/mol. The molecule has 0 saturated heterocycles. The molecule has 92 valence electrons. The van der Waals surface area contributed by atoms with Crippen molar-refractivity contribution in [3.05, 3.63) is 39.8 Å². The number of nitrogens with zero attached hydrogens (tertiary/aromatic N) is 3. The van der Waals surface area contributed by atoms with Crippen molar-refractivity contribution in [2.75, 3.05) is 42.3 Å². The van der Waals surface area contributed by atoms with E-state index >= 15 is 0 Å². The second kappa shape index (κ2) is 29.4. The van der Waals surface area contributed by atoms with Crippen LogP contribution in [0, 0.1) is 6.08 Å². The Bertz CT molecular complexity index is 138. The van der Waals surface area contributed by atoms with Gasteiger partial charge in [0.25, 0.3) is 0 Å². The topological polar surface area (TPSA) is 42.3 Å². The zero-order valence-electron chi connectivity index (χ0n) is 11.7. The van der Waals surface area contributed by atoms with Crippen molar-refractivity contribution in [2.45, 2.75) is 13.3 Å². The van der Waals surface area contributed by atoms with Crippen LogP contribution in [0.3, 0.4) is 0 Å². The normalized spacial score (nSPS) is 10.3. The minimum Gasteiger partial charge on any atom is -0.668 e. The predicted molar refractivity (Wildman–Crippen MR) is 71.8 cm³/mol. The summed E-state index contributed by atoms with van der Waals surface area (Å²) >= 11 is 0. The van der Waals surface area contributed by atoms with Crippen LogP contribution in [0.25, 0.3) is 16.0 Å². The van der Waals surface area contributed by atoms with E-state index < -0.39 is 0 Å². The van der Waals surface area contributed by atoms with Gasteiger partial charge in [-0.2, -0.15) is 48.4 Å². The standard InChI is InChI=1S/C6H7.3C2H6N.Ti/c1-6-4-2-3-5-6;3*1-3-2;/h2,4H,3H2,1H3;3*1-2H3;/q4*-1;+4. The number of rotatable bonds is 0. The van der Waals surface area contributed by atoms with Crippen molar-refractivity contribution >= 4 is 0 Å². The van der Waals surface area contributed by atoms with E-state index in [1.54, 1.807) is 42.3 Å². The molecule has 0 aromatic heterocycles. The van der Waals surface area contributed by atoms with Gasteiger partial charge in [-0.15, -0.1) is 6.42 Å². The molecule has 1 rings (SSSR count). The molecule has 16 heavy (non-hydrogen) atoms. The molecule has 0 spiro atoms. The van der Waals surface area contributed by atoms with E-state index in [4.69, 9.17) is 0 Å². The van der Waals surface area contributed by atoms with Crippen LogP contribution in [0.2, 0.25) is 0 Å². The van der Waals surface area contributed by atoms with Gasteiger partial charge in [0.2, 0.25) is 0 Å². The number of allylic oxidation sites excluding steroid dienone is 4. The first-order valence-corrected chi connectivity index (χ1v) is 4.82. The van der Waals surface area contributed by atoms with E-state index in [1.165, 1.54) is 5.57 Å². The first kappa shape index (κ1) is 25.1. The van der Waals surface area contributed by atoms with E-state index in [1.807, 2.05) is 0 Å². The Kier molecular flexibility index (Phi) is 46.1. The molecule has 0 bridgehead atoms. The summed E-state index contributed by atoms with van der Waals surface area (Å²) in [4.78, 5) is 0. The molecular formula is C12H25N3Ti. The molecule has 1 aliphatic rings. The van der Waals surface area contributed by atoms with Crippen molar-refractivity contribution < 1.29 is 21.7 Å². The van der Waals surface area contributed by atoms with Gasteiger partial charge in [-0.1, -0.05) is 6.92 Å². The van der Waals surface area contributed by atoms with E-state index in [9.17, 15) is 0 Å². The summed E-state index contributed by atoms with van der Waals surface area (Å²) in [6, 6.07) is 0. The fourth-order valence-corrected chi connectivity index (χ4v) is 0.515. The van der Waals surface area contributed by atoms with Crippen LogP contribution in [0.5, 0.6) is 0 Å². The van der Waals surface area contributed by atoms with Crippen molar-refractivity contribution in [1.29, 1.82) is 0 Å². The molecule has 0 N–H and O–H groups in total. The largest absolute Gasteiger partial charge is 4.00 e. The molecule has 0 saturated carbocycles. The summed E-state index contributed by atoms with van der Waals surface area (Å²) in [7, 11) is 10.5. The maximum atomic E-state index is 3.50. The molecule has 0 aromatic rings. The Hall–Kier alpha value is 0.0743. The van der Waals surface area contributed by atoms with Gasteiger partial charge in [-0.3, -0.25) is 6.08 Å². The van der Waals surface area contributed by atoms with Crippen LogP contribution < -0.4 is 0 Å². The third-order valence-electron chi connectivity index (χ3n) is 0.867. The van der Waals surface area contributed by atoms with Crippen LogP contribution in [0.1, 0.15) is 13.3 Å². The van der Waals surface area contributed by atoms with Crippen LogP contribution >= 0.6 is 0 Å². The van der Waals surface area contributed by atoms with Gasteiger partial charge in [0, 0.05) is 0 Å². The third-order valence-corrected chi connectivity index (χ3v) is 0.867. The molecule has 0 fully saturated rings. The van der Waals surface area contributed by atoms with Crippen molar-refractivity contribution in [3.63, 3.8) is 0 Å². The van der Waals surface area contributed by atoms with Gasteiger partial charge in [-0.05, 0) is 0 Å². The fraction of sp³-hybridized carbons (Fsp3) is 0.667. The summed E-state index contributed by atoms with van der Waals surface area (Å²) < 4.78 is 0. The van der Waals surface area contributed by atoms with Crippen molar-refractivity contribution in [1.82, 2.24) is 0 Å². The first-order valence-electron chi connectivity index (χ1n) is 4.82. The van der Waals surface area contributed by atoms with Crippen LogP contribution in [-0.4, -0.2) is 42.3 Å². The smallest absolute Gasteiger partial charge is 0.668 e. The van der Waals surface area contributed by atoms with Gasteiger partial charge in [0.05, 0.1) is 0 Å². The summed E-state index contributed by atoms with van der Waals surface area (Å²) in [5, 5.41) is 10.5. The molecule has 0 unspecified atom stereocenters. The Morgan fingerprint density at radius 2 is 1.25 bits per heavy atom. The average Bonchev–Trinajstić information content (AvgIpc) is 2.60. The number of hydrogen-bond acceptors (Lipinski definition) is 0. The summed E-state index contributed by atoms with van der Waals surface area (Å²) in [6.07, 6.45) is 8.33. The van der Waals surface area contributed by atoms with Gasteiger partial charge < -0.3 is 16.0 Å². The molecule has 3 nitrogen and oxygen atoms in total. The van der Waals surface area contributed by atoms with Crippen molar-refractivity contribution in [3.8, 4) is 0 Å². The summed E-state index contributed by atoms with van der Waals surface area (Å²) in [5.41, 5.74) is 1.27. The maximum Gasteiger partial charge on any atom is 4.00 e. The zero-order valence-corrected chi connectivity index (χ0v) is 13.3. The van der Waals surface area contributed by atoms with E-state index in [-0.39, 0.29) is 21.7 Å². The Morgan fingerprint density at radius 1 is 0.938 bits per heavy atom. The number of hydrogen-bond donors (Lipinski definition) is 0. The van der Waals surface area contributed by atoms with E-state index in [0.29, 0.717) is 0 Å². The Morgan fingerprint density at radius 3 is 1.31 bits per heavy atom. The molecule has 0 atom stereocenters. The van der Waals surface area contributed by atoms with Gasteiger partial charge >= 0.3 is 21.7 Å². The molecule has 0 aromatic carbocycles. The fourth-order valence-electron chi connectivity index (χ4n) is 0.515. The zero-order chi connectivity index (χ0) is 12.5. The van der Waals surface area contributed by atoms with E-state index in [2.05, 4.69) is 41.1 Å². The maximum absolute atomic E-state index is 3.50. The second-order valence-corrected chi connectivity index (χ2v) is 2.81. The molecule has 0 aliphatic heterocycles. The molecule has 0 amide bonds. The van der Waals surface area contributed by atoms with Gasteiger partial charge in [0.1, 0.15) is 0 Å². The predicted octanol–water partition coefficient (Wildman–Crippen LogP) is 3.55. The third kappa shape index (κ3) is 48.1. The Labute approximate surface area is 117 Å². The molecule has 0 radical (unpaired) electrons. The van der Waals surface area contributed by atoms with E-state index in [0.717, 1.165) is 6.42 Å². The van der Waals surface area contributed by atoms with Crippen LogP contribution in [0.15, 0.2) is 17.7 Å². The quantitative estimate of drug-likeness (QED) is 0.471. The van der Waals surface area contributed by atoms with Gasteiger partial charge in [0.15, 0.2) is 0 Å². The van der Waals surface area contributed by atoms with Crippen LogP contribution in [0.4, 0.5) is 0 Å². The Balaban J connectivity index is -0.0000000637. The summed E-state index contributed by atoms with van der Waals surface area (Å²) in [5.74, 6) is 0. The first-order chi connectivity index (χ1) is 7.14. The molecule has 1 aliphatic carbocycles. The minimum absolute atomic E-state index is 0. The molecule has 0 heterocycles. The summed E-state index contributed by atoms with van der Waals surface area (Å²) in [6.45, 7) is 2.06. The monoisotopic (exact) mass is 259 g/mol. The second-order valence-electron chi connectivity index (χ2n) is 2.81. The molecule has 4 heteroatoms.